The van der Waals surface area contributed by atoms with Gasteiger partial charge in [0.1, 0.15) is 0 Å². The Labute approximate surface area is 172 Å². The van der Waals surface area contributed by atoms with Crippen LogP contribution in [-0.4, -0.2) is 59.3 Å². The van der Waals surface area contributed by atoms with Crippen LogP contribution in [-0.2, 0) is 14.3 Å². The summed E-state index contributed by atoms with van der Waals surface area (Å²) in [6.07, 6.45) is 0. The van der Waals surface area contributed by atoms with E-state index in [9.17, 15) is 19.7 Å². The zero-order valence-electron chi connectivity index (χ0n) is 15.8. The molecule has 8 nitrogen and oxygen atoms in total. The summed E-state index contributed by atoms with van der Waals surface area (Å²) in [5, 5.41) is 10.8. The molecule has 0 saturated carbocycles. The summed E-state index contributed by atoms with van der Waals surface area (Å²) < 4.78 is 10.3. The number of nitro groups is 1. The number of β-lactam (4-membered cyclic amide) rings is 1. The van der Waals surface area contributed by atoms with Gasteiger partial charge in [0.25, 0.3) is 0 Å². The summed E-state index contributed by atoms with van der Waals surface area (Å²) in [6, 6.07) is 6.38. The summed E-state index contributed by atoms with van der Waals surface area (Å²) in [7, 11) is 0. The van der Waals surface area contributed by atoms with Gasteiger partial charge in [-0.1, -0.05) is 0 Å². The van der Waals surface area contributed by atoms with E-state index < -0.39 is 31.7 Å². The normalized spacial score (nSPS) is 20.7. The van der Waals surface area contributed by atoms with Crippen molar-refractivity contribution in [3.63, 3.8) is 0 Å². The van der Waals surface area contributed by atoms with Gasteiger partial charge in [-0.2, -0.15) is 0 Å². The van der Waals surface area contributed by atoms with Crippen molar-refractivity contribution >= 4 is 54.7 Å². The van der Waals surface area contributed by atoms with Crippen LogP contribution in [0.15, 0.2) is 39.5 Å². The third-order valence-corrected chi connectivity index (χ3v) is 7.00. The Morgan fingerprint density at radius 1 is 1.39 bits per heavy atom. The van der Waals surface area contributed by atoms with Gasteiger partial charge in [0.05, 0.1) is 0 Å². The van der Waals surface area contributed by atoms with E-state index in [0.717, 1.165) is 5.57 Å². The number of esters is 1. The fourth-order valence-corrected chi connectivity index (χ4v) is 5.64. The number of amides is 1. The molecule has 0 N–H and O–H groups in total. The number of carbonyl (C=O) groups excluding carboxylic acids is 2. The number of para-hydroxylation sites is 1. The molecule has 0 bridgehead atoms. The molecule has 2 aliphatic rings. The van der Waals surface area contributed by atoms with Crippen molar-refractivity contribution in [2.45, 2.75) is 38.7 Å². The molecule has 0 spiro atoms. The van der Waals surface area contributed by atoms with E-state index in [-0.39, 0.29) is 22.7 Å². The maximum atomic E-state index is 12.7. The van der Waals surface area contributed by atoms with E-state index in [4.69, 9.17) is 4.74 Å². The predicted molar refractivity (Wildman–Crippen MR) is 108 cm³/mol. The molecule has 1 aromatic rings. The molecule has 1 aromatic carbocycles. The molecule has 1 fully saturated rings. The van der Waals surface area contributed by atoms with E-state index in [1.165, 1.54) is 22.7 Å². The Morgan fingerprint density at radius 2 is 2.07 bits per heavy atom. The zero-order valence-corrected chi connectivity index (χ0v) is 18.3. The number of nitrogens with zero attached hydrogens (tertiary/aromatic N) is 3. The summed E-state index contributed by atoms with van der Waals surface area (Å²) in [5.74, 6) is -0.287. The number of hydrogen-bond acceptors (Lipinski definition) is 7. The molecule has 1 saturated heterocycles. The summed E-state index contributed by atoms with van der Waals surface area (Å²) in [4.78, 5) is 37.4. The van der Waals surface area contributed by atoms with Crippen LogP contribution in [0.1, 0.15) is 27.7 Å². The van der Waals surface area contributed by atoms with Crippen LogP contribution in [0.2, 0.25) is 0 Å². The summed E-state index contributed by atoms with van der Waals surface area (Å²) >= 11 is 0.895. The number of carbonyl (C=O) groups is 2. The molecule has 0 aliphatic carbocycles. The molecule has 3 rings (SSSR count). The van der Waals surface area contributed by atoms with Gasteiger partial charge in [-0.15, -0.1) is 0 Å². The second-order valence-corrected chi connectivity index (χ2v) is 10.0. The van der Waals surface area contributed by atoms with Gasteiger partial charge < -0.3 is 0 Å². The molecule has 2 heterocycles. The van der Waals surface area contributed by atoms with Crippen LogP contribution in [0.4, 0.5) is 5.69 Å². The van der Waals surface area contributed by atoms with Crippen molar-refractivity contribution in [2.75, 3.05) is 5.75 Å². The number of thioether (sulfide) groups is 1. The average molecular weight is 468 g/mol. The van der Waals surface area contributed by atoms with Gasteiger partial charge in [-0.25, -0.2) is 0 Å². The van der Waals surface area contributed by atoms with Gasteiger partial charge >= 0.3 is 173 Å². The molecule has 0 radical (unpaired) electrons. The van der Waals surface area contributed by atoms with E-state index in [1.54, 1.807) is 39.0 Å². The average Bonchev–Trinajstić information content (AvgIpc) is 2.60. The molecule has 0 aromatic heterocycles. The SMILES string of the molecule is CC1=C(C(=O)OC(C)(C)C)N2C(=O)/C(=N\[Se]c3ccccc3[N+](=O)[O-])[C@H]2SC1. The first kappa shape index (κ1) is 20.6. The van der Waals surface area contributed by atoms with Crippen molar-refractivity contribution in [3.8, 4) is 0 Å². The van der Waals surface area contributed by atoms with Crippen LogP contribution >= 0.6 is 11.8 Å². The predicted octanol–water partition coefficient (Wildman–Crippen LogP) is 1.81. The van der Waals surface area contributed by atoms with E-state index in [1.807, 2.05) is 6.92 Å². The number of fused-ring (bicyclic) bond motifs is 1. The second kappa shape index (κ2) is 7.69. The van der Waals surface area contributed by atoms with Gasteiger partial charge in [-0.05, 0) is 0 Å². The standard InChI is InChI=1S/C18H19N3O5SSe/c1-10-9-27-16-13(19-28-12-8-6-5-7-11(12)21(24)25)15(22)20(16)14(10)17(23)26-18(2,3)4/h5-8,16H,9H2,1-4H3/b19-13+/t16-/m1/s1. The number of hydrogen-bond donors (Lipinski definition) is 0. The van der Waals surface area contributed by atoms with Crippen LogP contribution in [0, 0.1) is 10.1 Å². The Balaban J connectivity index is 1.81. The van der Waals surface area contributed by atoms with Crippen LogP contribution in [0.5, 0.6) is 0 Å². The molecule has 2 aliphatic heterocycles. The van der Waals surface area contributed by atoms with Crippen molar-refractivity contribution in [3.05, 3.63) is 45.6 Å². The van der Waals surface area contributed by atoms with Crippen molar-refractivity contribution in [1.29, 1.82) is 0 Å². The fraction of sp³-hybridized carbons (Fsp3) is 0.389. The first-order valence-electron chi connectivity index (χ1n) is 8.46. The number of benzene rings is 1. The second-order valence-electron chi connectivity index (χ2n) is 7.26. The molecule has 1 atom stereocenters. The van der Waals surface area contributed by atoms with Crippen molar-refractivity contribution < 1.29 is 19.2 Å². The first-order chi connectivity index (χ1) is 13.1. The van der Waals surface area contributed by atoms with Crippen molar-refractivity contribution in [2.24, 2.45) is 4.01 Å². The van der Waals surface area contributed by atoms with Crippen LogP contribution in [0.3, 0.4) is 0 Å². The number of ether oxygens (including phenoxy) is 1. The van der Waals surface area contributed by atoms with Crippen LogP contribution in [0.25, 0.3) is 0 Å². The Morgan fingerprint density at radius 3 is 2.71 bits per heavy atom. The topological polar surface area (TPSA) is 102 Å². The van der Waals surface area contributed by atoms with Gasteiger partial charge in [0.15, 0.2) is 0 Å². The number of nitro benzene ring substituents is 1. The molecule has 148 valence electrons. The van der Waals surface area contributed by atoms with Gasteiger partial charge in [-0.3, -0.25) is 0 Å². The summed E-state index contributed by atoms with van der Waals surface area (Å²) in [6.45, 7) is 7.13. The molecular formula is C18H19N3O5SSe. The third kappa shape index (κ3) is 3.99. The monoisotopic (exact) mass is 469 g/mol. The Kier molecular flexibility index (Phi) is 5.65. The first-order valence-corrected chi connectivity index (χ1v) is 11.1. The molecule has 28 heavy (non-hydrogen) atoms. The molecular weight excluding hydrogens is 449 g/mol. The van der Waals surface area contributed by atoms with Crippen molar-refractivity contribution in [1.82, 2.24) is 4.90 Å². The molecule has 1 amide bonds. The van der Waals surface area contributed by atoms with E-state index in [0.29, 0.717) is 15.9 Å². The van der Waals surface area contributed by atoms with E-state index >= 15 is 0 Å². The third-order valence-electron chi connectivity index (χ3n) is 3.91. The fourth-order valence-electron chi connectivity index (χ4n) is 2.71. The van der Waals surface area contributed by atoms with Crippen LogP contribution < -0.4 is 4.46 Å². The van der Waals surface area contributed by atoms with E-state index in [2.05, 4.69) is 4.01 Å². The van der Waals surface area contributed by atoms with Gasteiger partial charge in [0, 0.05) is 0 Å². The zero-order chi connectivity index (χ0) is 20.6. The molecule has 10 heteroatoms. The minimum atomic E-state index is -0.662. The summed E-state index contributed by atoms with van der Waals surface area (Å²) in [5.41, 5.74) is 0.742. The Bertz CT molecular complexity index is 922. The number of rotatable bonds is 4. The Hall–Kier alpha value is -2.16. The van der Waals surface area contributed by atoms with Gasteiger partial charge in [0.2, 0.25) is 0 Å². The molecule has 0 unspecified atom stereocenters. The quantitative estimate of drug-likeness (QED) is 0.220. The minimum absolute atomic E-state index is 0.00281. The maximum absolute atomic E-state index is 12.7.